The van der Waals surface area contributed by atoms with Crippen molar-refractivity contribution in [2.24, 2.45) is 5.10 Å². The number of carbonyl (C=O) groups excluding carboxylic acids is 1. The van der Waals surface area contributed by atoms with Crippen LogP contribution in [0, 0.1) is 5.82 Å². The van der Waals surface area contributed by atoms with Crippen molar-refractivity contribution < 1.29 is 9.18 Å². The van der Waals surface area contributed by atoms with Gasteiger partial charge in [0.25, 0.3) is 0 Å². The van der Waals surface area contributed by atoms with Crippen LogP contribution in [0.15, 0.2) is 53.6 Å². The zero-order chi connectivity index (χ0) is 19.2. The molecule has 142 valence electrons. The van der Waals surface area contributed by atoms with E-state index >= 15 is 0 Å². The fourth-order valence-electron chi connectivity index (χ4n) is 3.24. The predicted octanol–water partition coefficient (Wildman–Crippen LogP) is 3.50. The minimum Gasteiger partial charge on any atom is -0.309 e. The Morgan fingerprint density at radius 1 is 1.15 bits per heavy atom. The summed E-state index contributed by atoms with van der Waals surface area (Å²) in [5.41, 5.74) is 3.99. The molecule has 0 saturated heterocycles. The molecular weight excluding hydrogens is 341 g/mol. The van der Waals surface area contributed by atoms with Crippen molar-refractivity contribution in [3.8, 4) is 0 Å². The van der Waals surface area contributed by atoms with Crippen LogP contribution in [0.3, 0.4) is 0 Å². The van der Waals surface area contributed by atoms with Gasteiger partial charge in [0.1, 0.15) is 5.82 Å². The van der Waals surface area contributed by atoms with Crippen molar-refractivity contribution >= 4 is 11.6 Å². The molecule has 2 aromatic carbocycles. The normalized spacial score (nSPS) is 13.9. The zero-order valence-electron chi connectivity index (χ0n) is 16.0. The van der Waals surface area contributed by atoms with Crippen LogP contribution in [0.2, 0.25) is 0 Å². The van der Waals surface area contributed by atoms with Crippen LogP contribution < -0.4 is 0 Å². The summed E-state index contributed by atoms with van der Waals surface area (Å²) in [4.78, 5) is 14.8. The smallest absolute Gasteiger partial charge is 0.247 e. The fraction of sp³-hybridized carbons (Fsp3) is 0.364. The lowest BCUT2D eigenvalue weighted by molar-refractivity contribution is -0.130. The summed E-state index contributed by atoms with van der Waals surface area (Å²) in [6.07, 6.45) is 3.16. The van der Waals surface area contributed by atoms with Gasteiger partial charge in [0.05, 0.1) is 18.7 Å². The molecule has 0 N–H and O–H groups in total. The van der Waals surface area contributed by atoms with Gasteiger partial charge in [-0.25, -0.2) is 9.40 Å². The maximum atomic E-state index is 13.1. The van der Waals surface area contributed by atoms with Crippen LogP contribution in [-0.4, -0.2) is 48.7 Å². The monoisotopic (exact) mass is 367 g/mol. The second-order valence-corrected chi connectivity index (χ2v) is 7.22. The lowest BCUT2D eigenvalue weighted by Gasteiger charge is -2.12. The lowest BCUT2D eigenvalue weighted by atomic mass is 10.0. The standard InChI is InChI=1S/C22H26FN3O/c1-25(2)13-4-7-17-5-3-6-18(15-17)16-22(27)26-14-12-21(24-26)19-8-10-20(23)11-9-19/h3,5-6,8-11,15H,4,7,12-14,16H2,1-2H3. The maximum absolute atomic E-state index is 13.1. The van der Waals surface area contributed by atoms with Gasteiger partial charge in [0, 0.05) is 6.42 Å². The molecule has 4 nitrogen and oxygen atoms in total. The second-order valence-electron chi connectivity index (χ2n) is 7.22. The van der Waals surface area contributed by atoms with E-state index in [-0.39, 0.29) is 11.7 Å². The van der Waals surface area contributed by atoms with E-state index in [1.807, 2.05) is 12.1 Å². The summed E-state index contributed by atoms with van der Waals surface area (Å²) >= 11 is 0. The van der Waals surface area contributed by atoms with E-state index in [4.69, 9.17) is 0 Å². The summed E-state index contributed by atoms with van der Waals surface area (Å²) in [5, 5.41) is 5.99. The quantitative estimate of drug-likeness (QED) is 0.751. The van der Waals surface area contributed by atoms with Crippen molar-refractivity contribution in [2.75, 3.05) is 27.2 Å². The summed E-state index contributed by atoms with van der Waals surface area (Å²) in [5.74, 6) is -0.270. The topological polar surface area (TPSA) is 35.9 Å². The van der Waals surface area contributed by atoms with Crippen molar-refractivity contribution in [3.05, 3.63) is 71.0 Å². The average Bonchev–Trinajstić information content (AvgIpc) is 3.13. The minimum absolute atomic E-state index is 0.00227. The van der Waals surface area contributed by atoms with Gasteiger partial charge in [0.15, 0.2) is 0 Å². The minimum atomic E-state index is -0.268. The van der Waals surface area contributed by atoms with Crippen molar-refractivity contribution in [2.45, 2.75) is 25.7 Å². The van der Waals surface area contributed by atoms with Gasteiger partial charge < -0.3 is 4.90 Å². The molecule has 3 rings (SSSR count). The molecule has 0 radical (unpaired) electrons. The summed E-state index contributed by atoms with van der Waals surface area (Å²) < 4.78 is 13.1. The molecule has 27 heavy (non-hydrogen) atoms. The molecule has 1 aliphatic heterocycles. The SMILES string of the molecule is CN(C)CCCc1cccc(CC(=O)N2CCC(c3ccc(F)cc3)=N2)c1. The first-order chi connectivity index (χ1) is 13.0. The highest BCUT2D eigenvalue weighted by Crippen LogP contribution is 2.16. The van der Waals surface area contributed by atoms with Crippen molar-refractivity contribution in [1.82, 2.24) is 9.91 Å². The number of amides is 1. The summed E-state index contributed by atoms with van der Waals surface area (Å²) in [6, 6.07) is 14.5. The molecule has 2 aromatic rings. The summed E-state index contributed by atoms with van der Waals surface area (Å²) in [6.45, 7) is 1.63. The molecule has 0 aromatic heterocycles. The first-order valence-electron chi connectivity index (χ1n) is 9.37. The van der Waals surface area contributed by atoms with Crippen LogP contribution in [0.25, 0.3) is 0 Å². The number of hydrazone groups is 1. The Labute approximate surface area is 160 Å². The van der Waals surface area contributed by atoms with Crippen LogP contribution >= 0.6 is 0 Å². The Kier molecular flexibility index (Phi) is 6.35. The Morgan fingerprint density at radius 2 is 1.89 bits per heavy atom. The highest BCUT2D eigenvalue weighted by molar-refractivity contribution is 6.02. The lowest BCUT2D eigenvalue weighted by Crippen LogP contribution is -2.25. The van der Waals surface area contributed by atoms with Crippen molar-refractivity contribution in [3.63, 3.8) is 0 Å². The molecule has 1 heterocycles. The largest absolute Gasteiger partial charge is 0.309 e. The molecule has 1 aliphatic rings. The number of rotatable bonds is 7. The van der Waals surface area contributed by atoms with Gasteiger partial charge in [-0.2, -0.15) is 5.10 Å². The first-order valence-corrected chi connectivity index (χ1v) is 9.37. The predicted molar refractivity (Wildman–Crippen MR) is 106 cm³/mol. The molecular formula is C22H26FN3O. The third-order valence-electron chi connectivity index (χ3n) is 4.68. The molecule has 0 unspecified atom stereocenters. The van der Waals surface area contributed by atoms with Gasteiger partial charge in [-0.1, -0.05) is 36.4 Å². The Hall–Kier alpha value is -2.53. The van der Waals surface area contributed by atoms with Crippen LogP contribution in [0.4, 0.5) is 4.39 Å². The summed E-state index contributed by atoms with van der Waals surface area (Å²) in [7, 11) is 4.15. The third kappa shape index (κ3) is 5.47. The van der Waals surface area contributed by atoms with Gasteiger partial charge in [-0.3, -0.25) is 4.79 Å². The van der Waals surface area contributed by atoms with Crippen LogP contribution in [0.5, 0.6) is 0 Å². The fourth-order valence-corrected chi connectivity index (χ4v) is 3.24. The van der Waals surface area contributed by atoms with Gasteiger partial charge in [-0.05, 0) is 62.3 Å². The maximum Gasteiger partial charge on any atom is 0.247 e. The third-order valence-corrected chi connectivity index (χ3v) is 4.68. The Morgan fingerprint density at radius 3 is 2.63 bits per heavy atom. The zero-order valence-corrected chi connectivity index (χ0v) is 16.0. The number of hydrogen-bond donors (Lipinski definition) is 0. The molecule has 5 heteroatoms. The van der Waals surface area contributed by atoms with Gasteiger partial charge >= 0.3 is 0 Å². The molecule has 0 fully saturated rings. The number of benzene rings is 2. The van der Waals surface area contributed by atoms with E-state index in [1.165, 1.54) is 22.7 Å². The number of carbonyl (C=O) groups is 1. The molecule has 0 aliphatic carbocycles. The number of halogens is 1. The molecule has 0 saturated carbocycles. The van der Waals surface area contributed by atoms with Gasteiger partial charge in [0.2, 0.25) is 5.91 Å². The molecule has 0 bridgehead atoms. The Balaban J connectivity index is 1.60. The number of nitrogens with zero attached hydrogens (tertiary/aromatic N) is 3. The first kappa shape index (κ1) is 19.2. The van der Waals surface area contributed by atoms with Crippen molar-refractivity contribution in [1.29, 1.82) is 0 Å². The highest BCUT2D eigenvalue weighted by Gasteiger charge is 2.21. The average molecular weight is 367 g/mol. The van der Waals surface area contributed by atoms with Gasteiger partial charge in [-0.15, -0.1) is 0 Å². The van der Waals surface area contributed by atoms with E-state index in [0.717, 1.165) is 36.2 Å². The van der Waals surface area contributed by atoms with E-state index in [2.05, 4.69) is 36.2 Å². The number of aryl methyl sites for hydroxylation is 1. The highest BCUT2D eigenvalue weighted by atomic mass is 19.1. The molecule has 0 spiro atoms. The number of hydrogen-bond acceptors (Lipinski definition) is 3. The Bertz CT molecular complexity index is 815. The second kappa shape index (κ2) is 8.91. The molecule has 1 amide bonds. The van der Waals surface area contributed by atoms with E-state index in [0.29, 0.717) is 19.4 Å². The van der Waals surface area contributed by atoms with Crippen LogP contribution in [0.1, 0.15) is 29.5 Å². The molecule has 0 atom stereocenters. The van der Waals surface area contributed by atoms with E-state index < -0.39 is 0 Å². The van der Waals surface area contributed by atoms with Crippen LogP contribution in [-0.2, 0) is 17.6 Å². The van der Waals surface area contributed by atoms with E-state index in [9.17, 15) is 9.18 Å². The van der Waals surface area contributed by atoms with E-state index in [1.54, 1.807) is 12.1 Å².